The second-order valence-electron chi connectivity index (χ2n) is 3.66. The zero-order valence-electron chi connectivity index (χ0n) is 9.38. The average molecular weight is 322 g/mol. The molecule has 3 aromatic heterocycles. The van der Waals surface area contributed by atoms with Crippen LogP contribution in [0.5, 0.6) is 0 Å². The Kier molecular flexibility index (Phi) is 3.00. The number of fused-ring (bicyclic) bond motifs is 1. The normalized spacial score (nSPS) is 11.0. The van der Waals surface area contributed by atoms with E-state index in [1.807, 2.05) is 13.0 Å². The number of nitrogens with zero attached hydrogens (tertiary/aromatic N) is 4. The Labute approximate surface area is 116 Å². The van der Waals surface area contributed by atoms with E-state index in [4.69, 9.17) is 0 Å². The Bertz CT molecular complexity index is 711. The first-order valence-corrected chi connectivity index (χ1v) is 6.79. The van der Waals surface area contributed by atoms with Crippen LogP contribution in [0.25, 0.3) is 11.2 Å². The van der Waals surface area contributed by atoms with E-state index in [0.29, 0.717) is 5.65 Å². The van der Waals surface area contributed by atoms with E-state index >= 15 is 0 Å². The second-order valence-corrected chi connectivity index (χ2v) is 5.55. The summed E-state index contributed by atoms with van der Waals surface area (Å²) in [6, 6.07) is 2.03. The van der Waals surface area contributed by atoms with Gasteiger partial charge in [-0.2, -0.15) is 0 Å². The van der Waals surface area contributed by atoms with Crippen LogP contribution in [0.2, 0.25) is 0 Å². The summed E-state index contributed by atoms with van der Waals surface area (Å²) in [7, 11) is 0. The van der Waals surface area contributed by atoms with Crippen LogP contribution in [0.4, 0.5) is 0 Å². The van der Waals surface area contributed by atoms with Gasteiger partial charge in [-0.25, -0.2) is 19.9 Å². The van der Waals surface area contributed by atoms with Crippen molar-refractivity contribution in [1.29, 1.82) is 0 Å². The van der Waals surface area contributed by atoms with E-state index in [-0.39, 0.29) is 0 Å². The Morgan fingerprint density at radius 1 is 1.17 bits per heavy atom. The average Bonchev–Trinajstić information content (AvgIpc) is 2.82. The lowest BCUT2D eigenvalue weighted by molar-refractivity contribution is 1.04. The van der Waals surface area contributed by atoms with Crippen molar-refractivity contribution >= 4 is 38.9 Å². The molecule has 7 heteroatoms. The molecule has 0 aliphatic heterocycles. The van der Waals surface area contributed by atoms with E-state index in [1.165, 1.54) is 18.1 Å². The minimum atomic E-state index is 0.669. The molecule has 90 valence electrons. The molecule has 0 amide bonds. The fourth-order valence-electron chi connectivity index (χ4n) is 1.55. The lowest BCUT2D eigenvalue weighted by atomic mass is 10.3. The van der Waals surface area contributed by atoms with E-state index in [9.17, 15) is 0 Å². The van der Waals surface area contributed by atoms with Gasteiger partial charge < -0.3 is 4.98 Å². The van der Waals surface area contributed by atoms with E-state index < -0.39 is 0 Å². The maximum atomic E-state index is 4.39. The Hall–Kier alpha value is -1.47. The highest BCUT2D eigenvalue weighted by molar-refractivity contribution is 9.10. The van der Waals surface area contributed by atoms with Crippen molar-refractivity contribution < 1.29 is 0 Å². The van der Waals surface area contributed by atoms with Crippen molar-refractivity contribution in [3.05, 3.63) is 35.0 Å². The molecule has 3 aromatic rings. The van der Waals surface area contributed by atoms with E-state index in [1.54, 1.807) is 12.5 Å². The van der Waals surface area contributed by atoms with Crippen LogP contribution in [-0.2, 0) is 0 Å². The molecule has 0 aromatic carbocycles. The summed E-state index contributed by atoms with van der Waals surface area (Å²) in [5.74, 6) is 0. The number of pyridine rings is 1. The predicted molar refractivity (Wildman–Crippen MR) is 72.5 cm³/mol. The van der Waals surface area contributed by atoms with Crippen molar-refractivity contribution in [2.75, 3.05) is 0 Å². The number of aromatic amines is 1. The standard InChI is InChI=1S/C11H8BrN5S/c1-6-2-7(12)3-13-10(6)18-11-8-9(15-4-14-8)16-5-17-11/h2-5H,1H3,(H,14,15,16,17). The van der Waals surface area contributed by atoms with Gasteiger partial charge in [-0.05, 0) is 46.2 Å². The molecule has 0 saturated carbocycles. The Morgan fingerprint density at radius 3 is 2.89 bits per heavy atom. The second kappa shape index (κ2) is 4.66. The molecule has 0 bridgehead atoms. The monoisotopic (exact) mass is 321 g/mol. The van der Waals surface area contributed by atoms with Gasteiger partial charge in [0.2, 0.25) is 0 Å². The molecule has 18 heavy (non-hydrogen) atoms. The first-order chi connectivity index (χ1) is 8.74. The van der Waals surface area contributed by atoms with Gasteiger partial charge in [0, 0.05) is 10.7 Å². The number of hydrogen-bond donors (Lipinski definition) is 1. The lowest BCUT2D eigenvalue weighted by Crippen LogP contribution is -1.89. The van der Waals surface area contributed by atoms with Gasteiger partial charge in [0.15, 0.2) is 5.65 Å². The summed E-state index contributed by atoms with van der Waals surface area (Å²) in [6.45, 7) is 2.02. The molecular formula is C11H8BrN5S. The smallest absolute Gasteiger partial charge is 0.181 e. The molecule has 0 unspecified atom stereocenters. The largest absolute Gasteiger partial charge is 0.341 e. The molecule has 0 fully saturated rings. The molecule has 1 N–H and O–H groups in total. The number of halogens is 1. The number of rotatable bonds is 2. The summed E-state index contributed by atoms with van der Waals surface area (Å²) in [5.41, 5.74) is 2.61. The number of aromatic nitrogens is 5. The number of H-pyrrole nitrogens is 1. The van der Waals surface area contributed by atoms with Crippen molar-refractivity contribution in [1.82, 2.24) is 24.9 Å². The Balaban J connectivity index is 2.03. The molecule has 0 aliphatic carbocycles. The molecule has 3 rings (SSSR count). The summed E-state index contributed by atoms with van der Waals surface area (Å²) < 4.78 is 0.971. The SMILES string of the molecule is Cc1cc(Br)cnc1Sc1ncnc2nc[nH]c12. The maximum Gasteiger partial charge on any atom is 0.181 e. The number of imidazole rings is 1. The third-order valence-electron chi connectivity index (χ3n) is 2.38. The summed E-state index contributed by atoms with van der Waals surface area (Å²) in [5, 5.41) is 1.75. The maximum absolute atomic E-state index is 4.39. The summed E-state index contributed by atoms with van der Waals surface area (Å²) in [6.07, 6.45) is 4.91. The first kappa shape index (κ1) is 11.6. The highest BCUT2D eigenvalue weighted by Gasteiger charge is 2.10. The van der Waals surface area contributed by atoms with Crippen molar-refractivity contribution in [3.63, 3.8) is 0 Å². The van der Waals surface area contributed by atoms with Gasteiger partial charge >= 0.3 is 0 Å². The zero-order chi connectivity index (χ0) is 12.5. The van der Waals surface area contributed by atoms with E-state index in [0.717, 1.165) is 25.6 Å². The number of hydrogen-bond acceptors (Lipinski definition) is 5. The zero-order valence-corrected chi connectivity index (χ0v) is 11.8. The predicted octanol–water partition coefficient (Wildman–Crippen LogP) is 2.97. The highest BCUT2D eigenvalue weighted by Crippen LogP contribution is 2.31. The van der Waals surface area contributed by atoms with Crippen molar-refractivity contribution in [2.24, 2.45) is 0 Å². The van der Waals surface area contributed by atoms with Gasteiger partial charge in [-0.1, -0.05) is 0 Å². The molecule has 3 heterocycles. The molecular weight excluding hydrogens is 314 g/mol. The quantitative estimate of drug-likeness (QED) is 0.735. The molecule has 0 saturated heterocycles. The minimum absolute atomic E-state index is 0.669. The molecule has 0 spiro atoms. The molecule has 0 radical (unpaired) electrons. The fraction of sp³-hybridized carbons (Fsp3) is 0.0909. The minimum Gasteiger partial charge on any atom is -0.341 e. The van der Waals surface area contributed by atoms with Crippen LogP contribution in [0.1, 0.15) is 5.56 Å². The lowest BCUT2D eigenvalue weighted by Gasteiger charge is -2.04. The third kappa shape index (κ3) is 2.11. The highest BCUT2D eigenvalue weighted by atomic mass is 79.9. The van der Waals surface area contributed by atoms with Crippen LogP contribution in [0.15, 0.2) is 39.4 Å². The first-order valence-electron chi connectivity index (χ1n) is 5.18. The molecule has 0 aliphatic rings. The number of aryl methyl sites for hydroxylation is 1. The van der Waals surface area contributed by atoms with Crippen LogP contribution in [0.3, 0.4) is 0 Å². The fourth-order valence-corrected chi connectivity index (χ4v) is 2.85. The van der Waals surface area contributed by atoms with Crippen LogP contribution >= 0.6 is 27.7 Å². The van der Waals surface area contributed by atoms with Crippen molar-refractivity contribution in [2.45, 2.75) is 17.0 Å². The third-order valence-corrected chi connectivity index (χ3v) is 3.94. The van der Waals surface area contributed by atoms with Gasteiger partial charge in [0.05, 0.1) is 6.33 Å². The van der Waals surface area contributed by atoms with Crippen LogP contribution in [-0.4, -0.2) is 24.9 Å². The van der Waals surface area contributed by atoms with Crippen LogP contribution in [0, 0.1) is 6.92 Å². The van der Waals surface area contributed by atoms with Gasteiger partial charge in [-0.15, -0.1) is 0 Å². The van der Waals surface area contributed by atoms with Gasteiger partial charge in [0.1, 0.15) is 21.9 Å². The summed E-state index contributed by atoms with van der Waals surface area (Å²) in [4.78, 5) is 19.9. The topological polar surface area (TPSA) is 67.3 Å². The molecule has 0 atom stereocenters. The van der Waals surface area contributed by atoms with Gasteiger partial charge in [-0.3, -0.25) is 0 Å². The van der Waals surface area contributed by atoms with Crippen molar-refractivity contribution in [3.8, 4) is 0 Å². The number of nitrogens with one attached hydrogen (secondary N) is 1. The Morgan fingerprint density at radius 2 is 2.06 bits per heavy atom. The molecule has 5 nitrogen and oxygen atoms in total. The van der Waals surface area contributed by atoms with Gasteiger partial charge in [0.25, 0.3) is 0 Å². The van der Waals surface area contributed by atoms with Crippen LogP contribution < -0.4 is 0 Å². The summed E-state index contributed by atoms with van der Waals surface area (Å²) >= 11 is 4.90. The van der Waals surface area contributed by atoms with E-state index in [2.05, 4.69) is 40.8 Å².